The van der Waals surface area contributed by atoms with Crippen molar-refractivity contribution in [3.8, 4) is 0 Å². The summed E-state index contributed by atoms with van der Waals surface area (Å²) >= 11 is 0. The van der Waals surface area contributed by atoms with Gasteiger partial charge in [-0.2, -0.15) is 0 Å². The van der Waals surface area contributed by atoms with Gasteiger partial charge in [0.25, 0.3) is 0 Å². The van der Waals surface area contributed by atoms with Crippen molar-refractivity contribution in [3.63, 3.8) is 0 Å². The van der Waals surface area contributed by atoms with Crippen LogP contribution in [0.15, 0.2) is 30.3 Å². The number of hydrogen-bond donors (Lipinski definition) is 3. The molecule has 1 aromatic rings. The Kier molecular flexibility index (Phi) is 4.80. The summed E-state index contributed by atoms with van der Waals surface area (Å²) in [5.41, 5.74) is 6.25. The Bertz CT molecular complexity index is 301. The van der Waals surface area contributed by atoms with E-state index < -0.39 is 0 Å². The number of nitrogens with one attached hydrogen (secondary N) is 1. The summed E-state index contributed by atoms with van der Waals surface area (Å²) in [5, 5.41) is 11.7. The van der Waals surface area contributed by atoms with Crippen LogP contribution >= 0.6 is 0 Å². The zero-order valence-electron chi connectivity index (χ0n) is 8.52. The maximum absolute atomic E-state index is 11.0. The van der Waals surface area contributed by atoms with E-state index in [0.717, 1.165) is 5.56 Å². The predicted molar refractivity (Wildman–Crippen MR) is 58.2 cm³/mol. The van der Waals surface area contributed by atoms with Crippen LogP contribution < -0.4 is 11.1 Å². The summed E-state index contributed by atoms with van der Waals surface area (Å²) < 4.78 is 0. The lowest BCUT2D eigenvalue weighted by atomic mass is 10.1. The van der Waals surface area contributed by atoms with Crippen molar-refractivity contribution in [2.24, 2.45) is 5.73 Å². The van der Waals surface area contributed by atoms with E-state index in [1.165, 1.54) is 0 Å². The largest absolute Gasteiger partial charge is 0.394 e. The number of rotatable bonds is 5. The smallest absolute Gasteiger partial charge is 0.234 e. The molecule has 82 valence electrons. The first-order chi connectivity index (χ1) is 7.26. The van der Waals surface area contributed by atoms with Gasteiger partial charge in [-0.15, -0.1) is 0 Å². The van der Waals surface area contributed by atoms with Crippen LogP contribution in [-0.2, 0) is 11.2 Å². The lowest BCUT2D eigenvalue weighted by Gasteiger charge is -2.15. The van der Waals surface area contributed by atoms with Crippen molar-refractivity contribution in [3.05, 3.63) is 35.9 Å². The van der Waals surface area contributed by atoms with Gasteiger partial charge in [-0.3, -0.25) is 4.79 Å². The first kappa shape index (κ1) is 11.7. The monoisotopic (exact) mass is 208 g/mol. The van der Waals surface area contributed by atoms with E-state index in [-0.39, 0.29) is 25.1 Å². The lowest BCUT2D eigenvalue weighted by molar-refractivity contribution is -0.120. The molecule has 4 nitrogen and oxygen atoms in total. The van der Waals surface area contributed by atoms with Crippen LogP contribution in [0, 0.1) is 0 Å². The average molecular weight is 208 g/mol. The molecule has 0 radical (unpaired) electrons. The number of aliphatic hydroxyl groups is 1. The highest BCUT2D eigenvalue weighted by Gasteiger charge is 2.10. The maximum Gasteiger partial charge on any atom is 0.234 e. The Morgan fingerprint density at radius 1 is 1.40 bits per heavy atom. The van der Waals surface area contributed by atoms with Gasteiger partial charge in [0.15, 0.2) is 0 Å². The fourth-order valence-corrected chi connectivity index (χ4v) is 1.35. The minimum atomic E-state index is -0.261. The van der Waals surface area contributed by atoms with Crippen LogP contribution in [0.25, 0.3) is 0 Å². The number of benzene rings is 1. The molecule has 0 saturated carbocycles. The van der Waals surface area contributed by atoms with Crippen molar-refractivity contribution >= 4 is 5.91 Å². The normalized spacial score (nSPS) is 12.1. The Morgan fingerprint density at radius 3 is 2.60 bits per heavy atom. The molecule has 0 saturated heterocycles. The number of nitrogens with two attached hydrogens (primary N) is 1. The van der Waals surface area contributed by atoms with Crippen molar-refractivity contribution in [1.29, 1.82) is 0 Å². The highest BCUT2D eigenvalue weighted by Crippen LogP contribution is 2.02. The lowest BCUT2D eigenvalue weighted by Crippen LogP contribution is -2.42. The summed E-state index contributed by atoms with van der Waals surface area (Å²) in [6.45, 7) is -0.133. The van der Waals surface area contributed by atoms with Gasteiger partial charge in [0.05, 0.1) is 19.2 Å². The second kappa shape index (κ2) is 6.16. The van der Waals surface area contributed by atoms with Gasteiger partial charge < -0.3 is 16.2 Å². The molecule has 0 aliphatic carbocycles. The number of hydrogen-bond acceptors (Lipinski definition) is 3. The summed E-state index contributed by atoms with van der Waals surface area (Å²) in [4.78, 5) is 11.0. The van der Waals surface area contributed by atoms with E-state index >= 15 is 0 Å². The van der Waals surface area contributed by atoms with E-state index in [2.05, 4.69) is 5.32 Å². The van der Waals surface area contributed by atoms with Gasteiger partial charge in [-0.25, -0.2) is 0 Å². The Balaban J connectivity index is 2.50. The van der Waals surface area contributed by atoms with Gasteiger partial charge >= 0.3 is 0 Å². The van der Waals surface area contributed by atoms with E-state index in [9.17, 15) is 4.79 Å². The van der Waals surface area contributed by atoms with Crippen LogP contribution in [0.3, 0.4) is 0 Å². The first-order valence-electron chi connectivity index (χ1n) is 4.90. The fraction of sp³-hybridized carbons (Fsp3) is 0.364. The summed E-state index contributed by atoms with van der Waals surface area (Å²) in [6.07, 6.45) is 0.614. The molecular weight excluding hydrogens is 192 g/mol. The van der Waals surface area contributed by atoms with Crippen LogP contribution in [0.1, 0.15) is 5.56 Å². The molecule has 0 heterocycles. The average Bonchev–Trinajstić information content (AvgIpc) is 2.29. The molecule has 4 N–H and O–H groups in total. The molecule has 0 spiro atoms. The molecule has 1 unspecified atom stereocenters. The van der Waals surface area contributed by atoms with Crippen molar-refractivity contribution in [2.45, 2.75) is 12.5 Å². The number of amides is 1. The van der Waals surface area contributed by atoms with E-state index in [1.54, 1.807) is 0 Å². The third kappa shape index (κ3) is 4.10. The number of carbonyl (C=O) groups excluding carboxylic acids is 1. The standard InChI is InChI=1S/C11H16N2O2/c12-7-11(15)13-10(8-14)6-9-4-2-1-3-5-9/h1-5,10,14H,6-8,12H2,(H,13,15). The Morgan fingerprint density at radius 2 is 2.07 bits per heavy atom. The predicted octanol–water partition coefficient (Wildman–Crippen LogP) is -0.335. The third-order valence-electron chi connectivity index (χ3n) is 2.10. The molecule has 0 fully saturated rings. The quantitative estimate of drug-likeness (QED) is 0.620. The van der Waals surface area contributed by atoms with Gasteiger partial charge in [0.2, 0.25) is 5.91 Å². The van der Waals surface area contributed by atoms with Crippen LogP contribution in [0.4, 0.5) is 0 Å². The highest BCUT2D eigenvalue weighted by atomic mass is 16.3. The van der Waals surface area contributed by atoms with Crippen molar-refractivity contribution in [1.82, 2.24) is 5.32 Å². The SMILES string of the molecule is NCC(=O)NC(CO)Cc1ccccc1. The van der Waals surface area contributed by atoms with Gasteiger partial charge in [0, 0.05) is 0 Å². The zero-order chi connectivity index (χ0) is 11.1. The molecule has 0 bridgehead atoms. The number of carbonyl (C=O) groups is 1. The molecular formula is C11H16N2O2. The minimum absolute atomic E-state index is 0.0503. The van der Waals surface area contributed by atoms with E-state index in [4.69, 9.17) is 10.8 Å². The Labute approximate surface area is 89.1 Å². The molecule has 0 aliphatic rings. The van der Waals surface area contributed by atoms with Crippen LogP contribution in [-0.4, -0.2) is 30.2 Å². The molecule has 1 rings (SSSR count). The molecule has 0 aliphatic heterocycles. The molecule has 1 atom stereocenters. The second-order valence-corrected chi connectivity index (χ2v) is 3.34. The first-order valence-corrected chi connectivity index (χ1v) is 4.90. The van der Waals surface area contributed by atoms with Gasteiger partial charge in [-0.05, 0) is 12.0 Å². The minimum Gasteiger partial charge on any atom is -0.394 e. The van der Waals surface area contributed by atoms with Gasteiger partial charge in [0.1, 0.15) is 0 Å². The van der Waals surface area contributed by atoms with Crippen molar-refractivity contribution in [2.75, 3.05) is 13.2 Å². The van der Waals surface area contributed by atoms with E-state index in [0.29, 0.717) is 6.42 Å². The highest BCUT2D eigenvalue weighted by molar-refractivity contribution is 5.78. The van der Waals surface area contributed by atoms with Crippen LogP contribution in [0.5, 0.6) is 0 Å². The molecule has 1 amide bonds. The summed E-state index contributed by atoms with van der Waals surface area (Å²) in [6, 6.07) is 9.43. The van der Waals surface area contributed by atoms with Crippen molar-refractivity contribution < 1.29 is 9.90 Å². The topological polar surface area (TPSA) is 75.4 Å². The number of aliphatic hydroxyl groups excluding tert-OH is 1. The van der Waals surface area contributed by atoms with Crippen LogP contribution in [0.2, 0.25) is 0 Å². The van der Waals surface area contributed by atoms with E-state index in [1.807, 2.05) is 30.3 Å². The third-order valence-corrected chi connectivity index (χ3v) is 2.10. The molecule has 15 heavy (non-hydrogen) atoms. The Hall–Kier alpha value is -1.39. The molecule has 0 aromatic heterocycles. The molecule has 4 heteroatoms. The fourth-order valence-electron chi connectivity index (χ4n) is 1.35. The zero-order valence-corrected chi connectivity index (χ0v) is 8.52. The second-order valence-electron chi connectivity index (χ2n) is 3.34. The summed E-state index contributed by atoms with van der Waals surface area (Å²) in [7, 11) is 0. The maximum atomic E-state index is 11.0. The molecule has 1 aromatic carbocycles. The van der Waals surface area contributed by atoms with Gasteiger partial charge in [-0.1, -0.05) is 30.3 Å². The summed E-state index contributed by atoms with van der Waals surface area (Å²) in [5.74, 6) is -0.245.